The van der Waals surface area contributed by atoms with Gasteiger partial charge in [-0.3, -0.25) is 10.1 Å². The zero-order chi connectivity index (χ0) is 15.2. The maximum Gasteiger partial charge on any atom is 0.346 e. The summed E-state index contributed by atoms with van der Waals surface area (Å²) in [5.74, 6) is -0.553. The van der Waals surface area contributed by atoms with E-state index in [4.69, 9.17) is 4.74 Å². The third-order valence-corrected chi connectivity index (χ3v) is 3.10. The van der Waals surface area contributed by atoms with Gasteiger partial charge in [-0.2, -0.15) is 4.39 Å². The number of hydrogen-bond donors (Lipinski definition) is 0. The van der Waals surface area contributed by atoms with Gasteiger partial charge in [0.1, 0.15) is 5.75 Å². The molecule has 0 aliphatic heterocycles. The molecule has 0 radical (unpaired) electrons. The fourth-order valence-electron chi connectivity index (χ4n) is 1.99. The summed E-state index contributed by atoms with van der Waals surface area (Å²) < 4.78 is 18.9. The second-order valence-electron chi connectivity index (χ2n) is 4.69. The van der Waals surface area contributed by atoms with Crippen molar-refractivity contribution in [3.8, 4) is 11.5 Å². The van der Waals surface area contributed by atoms with Crippen LogP contribution in [0.1, 0.15) is 25.3 Å². The number of nitro benzene ring substituents is 1. The van der Waals surface area contributed by atoms with Gasteiger partial charge in [0, 0.05) is 0 Å². The first kappa shape index (κ1) is 15.0. The molecule has 4 nitrogen and oxygen atoms in total. The number of aryl methyl sites for hydroxylation is 1. The number of para-hydroxylation sites is 1. The smallest absolute Gasteiger partial charge is 0.346 e. The summed E-state index contributed by atoms with van der Waals surface area (Å²) in [4.78, 5) is 10.1. The van der Waals surface area contributed by atoms with E-state index in [1.54, 1.807) is 12.1 Å². The van der Waals surface area contributed by atoms with Crippen LogP contribution in [0, 0.1) is 15.9 Å². The van der Waals surface area contributed by atoms with Gasteiger partial charge in [-0.15, -0.1) is 0 Å². The minimum absolute atomic E-state index is 0.0960. The summed E-state index contributed by atoms with van der Waals surface area (Å²) in [7, 11) is 0. The number of unbranched alkanes of at least 4 members (excludes halogenated alkanes) is 1. The molecule has 110 valence electrons. The topological polar surface area (TPSA) is 52.4 Å². The SMILES string of the molecule is CCCCc1ccc(Oc2cccc(F)c2[N+](=O)[O-])cc1. The highest BCUT2D eigenvalue weighted by Gasteiger charge is 2.21. The number of hydrogen-bond acceptors (Lipinski definition) is 3. The van der Waals surface area contributed by atoms with Crippen LogP contribution in [0.25, 0.3) is 0 Å². The summed E-state index contributed by atoms with van der Waals surface area (Å²) in [6.07, 6.45) is 3.21. The van der Waals surface area contributed by atoms with Crippen molar-refractivity contribution in [2.75, 3.05) is 0 Å². The summed E-state index contributed by atoms with van der Waals surface area (Å²) in [5, 5.41) is 10.9. The predicted octanol–water partition coefficient (Wildman–Crippen LogP) is 4.87. The highest BCUT2D eigenvalue weighted by Crippen LogP contribution is 2.33. The van der Waals surface area contributed by atoms with Gasteiger partial charge in [0.15, 0.2) is 0 Å². The van der Waals surface area contributed by atoms with Gasteiger partial charge < -0.3 is 4.74 Å². The molecule has 0 N–H and O–H groups in total. The molecular weight excluding hydrogens is 273 g/mol. The lowest BCUT2D eigenvalue weighted by molar-refractivity contribution is -0.388. The number of nitrogens with zero attached hydrogens (tertiary/aromatic N) is 1. The lowest BCUT2D eigenvalue weighted by atomic mass is 10.1. The molecular formula is C16H16FNO3. The molecule has 0 amide bonds. The first-order valence-corrected chi connectivity index (χ1v) is 6.81. The maximum atomic E-state index is 13.5. The number of halogens is 1. The maximum absolute atomic E-state index is 13.5. The number of nitro groups is 1. The van der Waals surface area contributed by atoms with Crippen molar-refractivity contribution in [3.05, 3.63) is 64.0 Å². The van der Waals surface area contributed by atoms with E-state index in [-0.39, 0.29) is 5.75 Å². The van der Waals surface area contributed by atoms with Crippen molar-refractivity contribution in [2.45, 2.75) is 26.2 Å². The van der Waals surface area contributed by atoms with Crippen LogP contribution >= 0.6 is 0 Å². The van der Waals surface area contributed by atoms with Crippen LogP contribution in [0.3, 0.4) is 0 Å². The molecule has 0 saturated carbocycles. The van der Waals surface area contributed by atoms with Crippen molar-refractivity contribution in [2.24, 2.45) is 0 Å². The van der Waals surface area contributed by atoms with Crippen LogP contribution in [0.4, 0.5) is 10.1 Å². The van der Waals surface area contributed by atoms with Gasteiger partial charge in [-0.25, -0.2) is 0 Å². The van der Waals surface area contributed by atoms with E-state index in [1.165, 1.54) is 17.7 Å². The lowest BCUT2D eigenvalue weighted by Gasteiger charge is -2.07. The third-order valence-electron chi connectivity index (χ3n) is 3.10. The molecule has 0 aliphatic carbocycles. The van der Waals surface area contributed by atoms with Crippen LogP contribution in [0.15, 0.2) is 42.5 Å². The summed E-state index contributed by atoms with van der Waals surface area (Å²) in [5.41, 5.74) is 0.533. The van der Waals surface area contributed by atoms with Crippen LogP contribution in [-0.4, -0.2) is 4.92 Å². The first-order valence-electron chi connectivity index (χ1n) is 6.81. The van der Waals surface area contributed by atoms with Gasteiger partial charge in [0.25, 0.3) is 0 Å². The molecule has 0 fully saturated rings. The minimum Gasteiger partial charge on any atom is -0.450 e. The molecule has 2 aromatic carbocycles. The second kappa shape index (κ2) is 6.83. The number of ether oxygens (including phenoxy) is 1. The van der Waals surface area contributed by atoms with E-state index in [2.05, 4.69) is 6.92 Å². The molecule has 0 aromatic heterocycles. The molecule has 0 atom stereocenters. The molecule has 0 bridgehead atoms. The molecule has 5 heteroatoms. The van der Waals surface area contributed by atoms with Crippen molar-refractivity contribution < 1.29 is 14.1 Å². The standard InChI is InChI=1S/C16H16FNO3/c1-2-3-5-12-8-10-13(11-9-12)21-15-7-4-6-14(17)16(15)18(19)20/h4,6-11H,2-3,5H2,1H3. The van der Waals surface area contributed by atoms with Gasteiger partial charge in [-0.1, -0.05) is 31.5 Å². The fourth-order valence-corrected chi connectivity index (χ4v) is 1.99. The number of rotatable bonds is 6. The third kappa shape index (κ3) is 3.78. The molecule has 0 unspecified atom stereocenters. The Balaban J connectivity index is 2.19. The zero-order valence-corrected chi connectivity index (χ0v) is 11.7. The van der Waals surface area contributed by atoms with Crippen LogP contribution in [0.5, 0.6) is 11.5 Å². The molecule has 0 spiro atoms. The normalized spacial score (nSPS) is 10.4. The lowest BCUT2D eigenvalue weighted by Crippen LogP contribution is -1.96. The largest absolute Gasteiger partial charge is 0.450 e. The molecule has 0 aliphatic rings. The molecule has 2 aromatic rings. The van der Waals surface area contributed by atoms with Crippen molar-refractivity contribution >= 4 is 5.69 Å². The van der Waals surface area contributed by atoms with E-state index in [0.717, 1.165) is 25.3 Å². The highest BCUT2D eigenvalue weighted by atomic mass is 19.1. The zero-order valence-electron chi connectivity index (χ0n) is 11.7. The second-order valence-corrected chi connectivity index (χ2v) is 4.69. The van der Waals surface area contributed by atoms with E-state index in [0.29, 0.717) is 5.75 Å². The molecule has 0 heterocycles. The Morgan fingerprint density at radius 1 is 1.19 bits per heavy atom. The Bertz CT molecular complexity index is 626. The van der Waals surface area contributed by atoms with E-state index < -0.39 is 16.4 Å². The Kier molecular flexibility index (Phi) is 4.87. The van der Waals surface area contributed by atoms with E-state index in [9.17, 15) is 14.5 Å². The fraction of sp³-hybridized carbons (Fsp3) is 0.250. The van der Waals surface area contributed by atoms with Gasteiger partial charge in [-0.05, 0) is 42.7 Å². The monoisotopic (exact) mass is 289 g/mol. The van der Waals surface area contributed by atoms with Gasteiger partial charge in [0.05, 0.1) is 4.92 Å². The van der Waals surface area contributed by atoms with E-state index in [1.807, 2.05) is 12.1 Å². The quantitative estimate of drug-likeness (QED) is 0.563. The first-order chi connectivity index (χ1) is 10.1. The van der Waals surface area contributed by atoms with Crippen molar-refractivity contribution in [3.63, 3.8) is 0 Å². The Morgan fingerprint density at radius 3 is 2.52 bits per heavy atom. The van der Waals surface area contributed by atoms with Gasteiger partial charge >= 0.3 is 5.69 Å². The minimum atomic E-state index is -0.905. The Labute approximate surface area is 122 Å². The summed E-state index contributed by atoms with van der Waals surface area (Å²) >= 11 is 0. The van der Waals surface area contributed by atoms with Crippen LogP contribution in [0.2, 0.25) is 0 Å². The van der Waals surface area contributed by atoms with Crippen LogP contribution < -0.4 is 4.74 Å². The van der Waals surface area contributed by atoms with Crippen molar-refractivity contribution in [1.29, 1.82) is 0 Å². The van der Waals surface area contributed by atoms with Gasteiger partial charge in [0.2, 0.25) is 11.6 Å². The average Bonchev–Trinajstić information content (AvgIpc) is 2.46. The molecule has 0 saturated heterocycles. The Morgan fingerprint density at radius 2 is 1.90 bits per heavy atom. The average molecular weight is 289 g/mol. The van der Waals surface area contributed by atoms with E-state index >= 15 is 0 Å². The molecule has 2 rings (SSSR count). The van der Waals surface area contributed by atoms with Crippen LogP contribution in [-0.2, 0) is 6.42 Å². The van der Waals surface area contributed by atoms with Crippen molar-refractivity contribution in [1.82, 2.24) is 0 Å². The summed E-state index contributed by atoms with van der Waals surface area (Å²) in [6.45, 7) is 2.13. The number of benzene rings is 2. The Hall–Kier alpha value is -2.43. The molecule has 21 heavy (non-hydrogen) atoms. The highest BCUT2D eigenvalue weighted by molar-refractivity contribution is 5.49. The summed E-state index contributed by atoms with van der Waals surface area (Å²) in [6, 6.07) is 11.1. The predicted molar refractivity (Wildman–Crippen MR) is 78.2 cm³/mol.